The number of thiazole rings is 1. The molecule has 2 aromatic rings. The fraction of sp³-hybridized carbons (Fsp3) is 0.154. The summed E-state index contributed by atoms with van der Waals surface area (Å²) in [7, 11) is 0. The number of hydrogen-bond acceptors (Lipinski definition) is 4. The van der Waals surface area contributed by atoms with E-state index in [1.54, 1.807) is 30.6 Å². The standard InChI is InChI=1S/C13H12ClN3O2S/c1-7-12(20-6-15-7)13(19)17-9-3-4-10(14)11(5-9)16-8(2)18/h3-6H,1-2H3,(H,16,18)(H,17,19). The third-order valence-corrected chi connectivity index (χ3v) is 3.74. The van der Waals surface area contributed by atoms with Crippen LogP contribution >= 0.6 is 22.9 Å². The van der Waals surface area contributed by atoms with Crippen LogP contribution in [0.25, 0.3) is 0 Å². The Morgan fingerprint density at radius 2 is 2.05 bits per heavy atom. The van der Waals surface area contributed by atoms with E-state index in [4.69, 9.17) is 11.6 Å². The van der Waals surface area contributed by atoms with Gasteiger partial charge in [-0.2, -0.15) is 0 Å². The first-order valence-corrected chi connectivity index (χ1v) is 7.01. The van der Waals surface area contributed by atoms with Gasteiger partial charge in [-0.05, 0) is 25.1 Å². The zero-order valence-electron chi connectivity index (χ0n) is 10.9. The van der Waals surface area contributed by atoms with E-state index in [-0.39, 0.29) is 11.8 Å². The van der Waals surface area contributed by atoms with Crippen LogP contribution in [0.1, 0.15) is 22.3 Å². The minimum absolute atomic E-state index is 0.228. The van der Waals surface area contributed by atoms with E-state index in [2.05, 4.69) is 15.6 Å². The molecule has 0 spiro atoms. The fourth-order valence-electron chi connectivity index (χ4n) is 1.60. The number of hydrogen-bond donors (Lipinski definition) is 2. The molecule has 1 heterocycles. The molecule has 20 heavy (non-hydrogen) atoms. The fourth-order valence-corrected chi connectivity index (χ4v) is 2.46. The Hall–Kier alpha value is -1.92. The van der Waals surface area contributed by atoms with Crippen molar-refractivity contribution in [3.8, 4) is 0 Å². The summed E-state index contributed by atoms with van der Waals surface area (Å²) in [5.74, 6) is -0.463. The molecule has 0 unspecified atom stereocenters. The van der Waals surface area contributed by atoms with Crippen LogP contribution in [0.15, 0.2) is 23.7 Å². The van der Waals surface area contributed by atoms with Gasteiger partial charge in [0, 0.05) is 12.6 Å². The third kappa shape index (κ3) is 3.34. The molecule has 5 nitrogen and oxygen atoms in total. The Balaban J connectivity index is 2.20. The maximum atomic E-state index is 12.1. The lowest BCUT2D eigenvalue weighted by Gasteiger charge is -2.09. The van der Waals surface area contributed by atoms with Crippen molar-refractivity contribution < 1.29 is 9.59 Å². The van der Waals surface area contributed by atoms with Crippen molar-refractivity contribution >= 4 is 46.1 Å². The summed E-state index contributed by atoms with van der Waals surface area (Å²) in [5, 5.41) is 5.76. The summed E-state index contributed by atoms with van der Waals surface area (Å²) in [4.78, 5) is 27.7. The zero-order chi connectivity index (χ0) is 14.7. The quantitative estimate of drug-likeness (QED) is 0.913. The number of anilines is 2. The van der Waals surface area contributed by atoms with Crippen molar-refractivity contribution in [3.05, 3.63) is 39.3 Å². The number of halogens is 1. The monoisotopic (exact) mass is 309 g/mol. The lowest BCUT2D eigenvalue weighted by Crippen LogP contribution is -2.12. The van der Waals surface area contributed by atoms with E-state index >= 15 is 0 Å². The molecule has 0 atom stereocenters. The summed E-state index contributed by atoms with van der Waals surface area (Å²) in [6.45, 7) is 3.16. The molecule has 2 rings (SSSR count). The van der Waals surface area contributed by atoms with Gasteiger partial charge in [0.1, 0.15) is 4.88 Å². The highest BCUT2D eigenvalue weighted by Gasteiger charge is 2.12. The maximum Gasteiger partial charge on any atom is 0.267 e. The molecule has 0 radical (unpaired) electrons. The number of benzene rings is 1. The highest BCUT2D eigenvalue weighted by atomic mass is 35.5. The normalized spacial score (nSPS) is 10.2. The van der Waals surface area contributed by atoms with Crippen molar-refractivity contribution in [2.24, 2.45) is 0 Å². The van der Waals surface area contributed by atoms with Gasteiger partial charge >= 0.3 is 0 Å². The van der Waals surface area contributed by atoms with E-state index in [1.807, 2.05) is 0 Å². The van der Waals surface area contributed by atoms with E-state index in [1.165, 1.54) is 18.3 Å². The van der Waals surface area contributed by atoms with Crippen molar-refractivity contribution in [2.75, 3.05) is 10.6 Å². The molecule has 0 aliphatic rings. The number of nitrogens with one attached hydrogen (secondary N) is 2. The molecule has 1 aromatic carbocycles. The van der Waals surface area contributed by atoms with Crippen LogP contribution in [0.5, 0.6) is 0 Å². The molecule has 1 aromatic heterocycles. The van der Waals surface area contributed by atoms with Crippen LogP contribution in [0, 0.1) is 6.92 Å². The van der Waals surface area contributed by atoms with Gasteiger partial charge in [0.25, 0.3) is 5.91 Å². The number of aryl methyl sites for hydroxylation is 1. The number of nitrogens with zero attached hydrogens (tertiary/aromatic N) is 1. The Kier molecular flexibility index (Phi) is 4.36. The van der Waals surface area contributed by atoms with Crippen molar-refractivity contribution in [1.82, 2.24) is 4.98 Å². The average Bonchev–Trinajstić information content (AvgIpc) is 2.79. The molecular formula is C13H12ClN3O2S. The van der Waals surface area contributed by atoms with Gasteiger partial charge in [-0.25, -0.2) is 4.98 Å². The summed E-state index contributed by atoms with van der Waals surface area (Å²) in [6, 6.07) is 4.89. The Morgan fingerprint density at radius 1 is 1.30 bits per heavy atom. The second-order valence-electron chi connectivity index (χ2n) is 4.10. The number of carbonyl (C=O) groups excluding carboxylic acids is 2. The lowest BCUT2D eigenvalue weighted by molar-refractivity contribution is -0.114. The summed E-state index contributed by atoms with van der Waals surface area (Å²) in [5.41, 5.74) is 3.31. The molecule has 104 valence electrons. The lowest BCUT2D eigenvalue weighted by atomic mass is 10.2. The van der Waals surface area contributed by atoms with E-state index in [0.29, 0.717) is 27.0 Å². The number of amides is 2. The van der Waals surface area contributed by atoms with Gasteiger partial charge in [0.2, 0.25) is 5.91 Å². The first-order valence-electron chi connectivity index (χ1n) is 5.76. The molecular weight excluding hydrogens is 298 g/mol. The molecule has 0 bridgehead atoms. The minimum Gasteiger partial charge on any atom is -0.325 e. The predicted molar refractivity (Wildman–Crippen MR) is 80.6 cm³/mol. The van der Waals surface area contributed by atoms with Gasteiger partial charge in [0.15, 0.2) is 0 Å². The predicted octanol–water partition coefficient (Wildman–Crippen LogP) is 3.32. The number of carbonyl (C=O) groups is 2. The molecule has 0 aliphatic carbocycles. The van der Waals surface area contributed by atoms with Gasteiger partial charge in [-0.1, -0.05) is 11.6 Å². The smallest absolute Gasteiger partial charge is 0.267 e. The third-order valence-electron chi connectivity index (χ3n) is 2.49. The highest BCUT2D eigenvalue weighted by Crippen LogP contribution is 2.26. The van der Waals surface area contributed by atoms with Crippen LogP contribution in [0.2, 0.25) is 5.02 Å². The minimum atomic E-state index is -0.235. The molecule has 2 N–H and O–H groups in total. The van der Waals surface area contributed by atoms with Crippen molar-refractivity contribution in [3.63, 3.8) is 0 Å². The van der Waals surface area contributed by atoms with Crippen LogP contribution in [-0.4, -0.2) is 16.8 Å². The summed E-state index contributed by atoms with van der Waals surface area (Å²) < 4.78 is 0. The summed E-state index contributed by atoms with van der Waals surface area (Å²) in [6.07, 6.45) is 0. The van der Waals surface area contributed by atoms with E-state index in [0.717, 1.165) is 0 Å². The molecule has 2 amide bonds. The molecule has 7 heteroatoms. The molecule has 0 saturated carbocycles. The van der Waals surface area contributed by atoms with E-state index < -0.39 is 0 Å². The van der Waals surface area contributed by atoms with Crippen LogP contribution < -0.4 is 10.6 Å². The van der Waals surface area contributed by atoms with Crippen molar-refractivity contribution in [1.29, 1.82) is 0 Å². The molecule has 0 aliphatic heterocycles. The summed E-state index contributed by atoms with van der Waals surface area (Å²) >= 11 is 7.24. The highest BCUT2D eigenvalue weighted by molar-refractivity contribution is 7.12. The van der Waals surface area contributed by atoms with Crippen LogP contribution in [-0.2, 0) is 4.79 Å². The molecule has 0 fully saturated rings. The van der Waals surface area contributed by atoms with Crippen LogP contribution in [0.3, 0.4) is 0 Å². The average molecular weight is 310 g/mol. The molecule has 0 saturated heterocycles. The Labute approximate surface area is 125 Å². The largest absolute Gasteiger partial charge is 0.325 e. The number of rotatable bonds is 3. The van der Waals surface area contributed by atoms with Gasteiger partial charge in [-0.15, -0.1) is 11.3 Å². The second-order valence-corrected chi connectivity index (χ2v) is 5.36. The van der Waals surface area contributed by atoms with Crippen LogP contribution in [0.4, 0.5) is 11.4 Å². The topological polar surface area (TPSA) is 71.1 Å². The first-order chi connectivity index (χ1) is 9.47. The Bertz CT molecular complexity index is 669. The Morgan fingerprint density at radius 3 is 2.65 bits per heavy atom. The number of aromatic nitrogens is 1. The zero-order valence-corrected chi connectivity index (χ0v) is 12.4. The second kappa shape index (κ2) is 6.02. The van der Waals surface area contributed by atoms with Gasteiger partial charge < -0.3 is 10.6 Å². The van der Waals surface area contributed by atoms with Crippen molar-refractivity contribution in [2.45, 2.75) is 13.8 Å². The maximum absolute atomic E-state index is 12.1. The SMILES string of the molecule is CC(=O)Nc1cc(NC(=O)c2scnc2C)ccc1Cl. The van der Waals surface area contributed by atoms with Gasteiger partial charge in [-0.3, -0.25) is 9.59 Å². The van der Waals surface area contributed by atoms with E-state index in [9.17, 15) is 9.59 Å². The van der Waals surface area contributed by atoms with Gasteiger partial charge in [0.05, 0.1) is 21.9 Å². The first kappa shape index (κ1) is 14.5.